The van der Waals surface area contributed by atoms with Crippen molar-refractivity contribution in [3.05, 3.63) is 0 Å². The largest absolute Gasteiger partial charge is 0.368 e. The Morgan fingerprint density at radius 1 is 1.46 bits per heavy atom. The van der Waals surface area contributed by atoms with Crippen LogP contribution < -0.4 is 5.73 Å². The van der Waals surface area contributed by atoms with Crippen LogP contribution in [0.5, 0.6) is 0 Å². The molecule has 0 aromatic heterocycles. The minimum absolute atomic E-state index is 0.00463. The molecule has 1 aliphatic heterocycles. The van der Waals surface area contributed by atoms with Crippen LogP contribution in [0.3, 0.4) is 0 Å². The van der Waals surface area contributed by atoms with E-state index in [0.29, 0.717) is 0 Å². The summed E-state index contributed by atoms with van der Waals surface area (Å²) in [4.78, 5) is 12.6. The fourth-order valence-corrected chi connectivity index (χ4v) is 1.27. The van der Waals surface area contributed by atoms with Gasteiger partial charge in [-0.2, -0.15) is 0 Å². The average molecular weight is 186 g/mol. The number of rotatable bonds is 1. The van der Waals surface area contributed by atoms with Crippen molar-refractivity contribution in [3.8, 4) is 0 Å². The standard InChI is InChI=1S/C6H12N2O.C4H10/c1-8-4-2-3-5(8)6(7)9;1-4(2)3/h5H,2-4H2,1H3,(H2,7,9);4H,1-3H3/t5-;/m0./s1. The van der Waals surface area contributed by atoms with Crippen molar-refractivity contribution in [2.24, 2.45) is 11.7 Å². The summed E-state index contributed by atoms with van der Waals surface area (Å²) in [5, 5.41) is 0. The van der Waals surface area contributed by atoms with Crippen LogP contribution in [0.15, 0.2) is 0 Å². The van der Waals surface area contributed by atoms with Gasteiger partial charge in [0, 0.05) is 0 Å². The van der Waals surface area contributed by atoms with Crippen molar-refractivity contribution in [2.45, 2.75) is 39.7 Å². The Labute approximate surface area is 81.3 Å². The van der Waals surface area contributed by atoms with Crippen molar-refractivity contribution >= 4 is 5.91 Å². The van der Waals surface area contributed by atoms with E-state index >= 15 is 0 Å². The summed E-state index contributed by atoms with van der Waals surface area (Å²) in [6.45, 7) is 7.51. The monoisotopic (exact) mass is 186 g/mol. The van der Waals surface area contributed by atoms with Crippen LogP contribution in [-0.2, 0) is 4.79 Å². The van der Waals surface area contributed by atoms with E-state index in [1.54, 1.807) is 0 Å². The van der Waals surface area contributed by atoms with Crippen molar-refractivity contribution in [1.82, 2.24) is 4.90 Å². The second-order valence-electron chi connectivity index (χ2n) is 4.27. The zero-order valence-electron chi connectivity index (χ0n) is 9.21. The molecule has 0 radical (unpaired) electrons. The molecule has 3 nitrogen and oxygen atoms in total. The first kappa shape index (κ1) is 12.4. The van der Waals surface area contributed by atoms with Gasteiger partial charge in [-0.05, 0) is 32.4 Å². The van der Waals surface area contributed by atoms with E-state index in [1.165, 1.54) is 0 Å². The predicted molar refractivity (Wildman–Crippen MR) is 55.4 cm³/mol. The average Bonchev–Trinajstić information content (AvgIpc) is 2.33. The highest BCUT2D eigenvalue weighted by Gasteiger charge is 2.24. The van der Waals surface area contributed by atoms with Crippen molar-refractivity contribution in [2.75, 3.05) is 13.6 Å². The number of likely N-dealkylation sites (tertiary alicyclic amines) is 1. The number of nitrogens with zero attached hydrogens (tertiary/aromatic N) is 1. The molecule has 1 atom stereocenters. The van der Waals surface area contributed by atoms with Gasteiger partial charge in [0.1, 0.15) is 0 Å². The van der Waals surface area contributed by atoms with Crippen molar-refractivity contribution < 1.29 is 4.79 Å². The molecule has 0 aliphatic carbocycles. The molecular weight excluding hydrogens is 164 g/mol. The van der Waals surface area contributed by atoms with Crippen LogP contribution in [0.4, 0.5) is 0 Å². The number of carbonyl (C=O) groups excluding carboxylic acids is 1. The maximum absolute atomic E-state index is 10.6. The highest BCUT2D eigenvalue weighted by molar-refractivity contribution is 5.80. The van der Waals surface area contributed by atoms with Gasteiger partial charge in [0.05, 0.1) is 6.04 Å². The Hall–Kier alpha value is -0.570. The van der Waals surface area contributed by atoms with Crippen LogP contribution in [0.25, 0.3) is 0 Å². The number of hydrogen-bond donors (Lipinski definition) is 1. The first-order chi connectivity index (χ1) is 5.95. The Bertz CT molecular complexity index is 154. The Kier molecular flexibility index (Phi) is 5.71. The molecule has 13 heavy (non-hydrogen) atoms. The lowest BCUT2D eigenvalue weighted by Gasteiger charge is -2.14. The van der Waals surface area contributed by atoms with Crippen molar-refractivity contribution in [3.63, 3.8) is 0 Å². The number of nitrogens with two attached hydrogens (primary N) is 1. The number of primary amides is 1. The van der Waals surface area contributed by atoms with E-state index in [0.717, 1.165) is 25.3 Å². The summed E-state index contributed by atoms with van der Waals surface area (Å²) in [6, 6.07) is 0.00463. The summed E-state index contributed by atoms with van der Waals surface area (Å²) in [7, 11) is 1.93. The van der Waals surface area contributed by atoms with E-state index in [-0.39, 0.29) is 11.9 Å². The van der Waals surface area contributed by atoms with Crippen LogP contribution in [-0.4, -0.2) is 30.4 Å². The molecule has 0 spiro atoms. The Balaban J connectivity index is 0.000000310. The lowest BCUT2D eigenvalue weighted by atomic mass is 10.2. The second kappa shape index (κ2) is 5.97. The molecule has 1 heterocycles. The molecule has 1 amide bonds. The molecule has 1 fully saturated rings. The zero-order valence-corrected chi connectivity index (χ0v) is 9.21. The fraction of sp³-hybridized carbons (Fsp3) is 0.900. The highest BCUT2D eigenvalue weighted by atomic mass is 16.1. The summed E-state index contributed by atoms with van der Waals surface area (Å²) < 4.78 is 0. The van der Waals surface area contributed by atoms with Gasteiger partial charge in [0.15, 0.2) is 0 Å². The molecule has 78 valence electrons. The quantitative estimate of drug-likeness (QED) is 0.669. The highest BCUT2D eigenvalue weighted by Crippen LogP contribution is 2.13. The van der Waals surface area contributed by atoms with Crippen LogP contribution in [0.2, 0.25) is 0 Å². The van der Waals surface area contributed by atoms with Gasteiger partial charge in [-0.1, -0.05) is 20.8 Å². The lowest BCUT2D eigenvalue weighted by Crippen LogP contribution is -2.37. The van der Waals surface area contributed by atoms with Crippen LogP contribution in [0.1, 0.15) is 33.6 Å². The number of amides is 1. The molecule has 0 aromatic rings. The molecule has 0 bridgehead atoms. The predicted octanol–water partition coefficient (Wildman–Crippen LogP) is 1.23. The molecule has 0 aromatic carbocycles. The number of likely N-dealkylation sites (N-methyl/N-ethyl adjacent to an activating group) is 1. The summed E-state index contributed by atoms with van der Waals surface area (Å²) >= 11 is 0. The third-order valence-electron chi connectivity index (χ3n) is 1.85. The summed E-state index contributed by atoms with van der Waals surface area (Å²) in [5.74, 6) is 0.648. The minimum atomic E-state index is -0.185. The third-order valence-corrected chi connectivity index (χ3v) is 1.85. The van der Waals surface area contributed by atoms with Gasteiger partial charge >= 0.3 is 0 Å². The summed E-state index contributed by atoms with van der Waals surface area (Å²) in [5.41, 5.74) is 5.11. The van der Waals surface area contributed by atoms with E-state index in [1.807, 2.05) is 11.9 Å². The molecule has 1 rings (SSSR count). The fourth-order valence-electron chi connectivity index (χ4n) is 1.27. The number of hydrogen-bond acceptors (Lipinski definition) is 2. The van der Waals surface area contributed by atoms with Crippen molar-refractivity contribution in [1.29, 1.82) is 0 Å². The Morgan fingerprint density at radius 3 is 2.08 bits per heavy atom. The molecule has 2 N–H and O–H groups in total. The van der Waals surface area contributed by atoms with Crippen LogP contribution in [0, 0.1) is 5.92 Å². The van der Waals surface area contributed by atoms with E-state index in [2.05, 4.69) is 20.8 Å². The molecule has 0 saturated carbocycles. The second-order valence-corrected chi connectivity index (χ2v) is 4.27. The maximum atomic E-state index is 10.6. The van der Waals surface area contributed by atoms with Gasteiger partial charge < -0.3 is 5.73 Å². The van der Waals surface area contributed by atoms with Crippen LogP contribution >= 0.6 is 0 Å². The van der Waals surface area contributed by atoms with Gasteiger partial charge in [0.25, 0.3) is 0 Å². The smallest absolute Gasteiger partial charge is 0.234 e. The third kappa shape index (κ3) is 5.64. The zero-order chi connectivity index (χ0) is 10.4. The molecule has 1 aliphatic rings. The van der Waals surface area contributed by atoms with E-state index < -0.39 is 0 Å². The molecular formula is C10H22N2O. The van der Waals surface area contributed by atoms with Gasteiger partial charge in [-0.15, -0.1) is 0 Å². The van der Waals surface area contributed by atoms with Gasteiger partial charge in [-0.3, -0.25) is 9.69 Å². The number of carbonyl (C=O) groups is 1. The van der Waals surface area contributed by atoms with Gasteiger partial charge in [-0.25, -0.2) is 0 Å². The van der Waals surface area contributed by atoms with E-state index in [4.69, 9.17) is 5.73 Å². The van der Waals surface area contributed by atoms with E-state index in [9.17, 15) is 4.79 Å². The normalized spacial score (nSPS) is 22.7. The topological polar surface area (TPSA) is 46.3 Å². The summed E-state index contributed by atoms with van der Waals surface area (Å²) in [6.07, 6.45) is 2.04. The maximum Gasteiger partial charge on any atom is 0.234 e. The minimum Gasteiger partial charge on any atom is -0.368 e. The first-order valence-corrected chi connectivity index (χ1v) is 4.94. The molecule has 3 heteroatoms. The molecule has 1 saturated heterocycles. The first-order valence-electron chi connectivity index (χ1n) is 4.94. The van der Waals surface area contributed by atoms with Gasteiger partial charge in [0.2, 0.25) is 5.91 Å². The SMILES string of the molecule is CC(C)C.CN1CCC[C@H]1C(N)=O. The lowest BCUT2D eigenvalue weighted by molar-refractivity contribution is -0.121. The molecule has 0 unspecified atom stereocenters. The Morgan fingerprint density at radius 2 is 1.92 bits per heavy atom.